The minimum atomic E-state index is -0.126. The molecule has 1 heteroatoms. The van der Waals surface area contributed by atoms with E-state index in [1.54, 1.807) is 0 Å². The SMILES string of the molecule is C=c1c2c(c3c1c1c4c(c(=C)c1c1c5c(c(=O)c31)C=CC(C)(C)C=C5)C=CC(C)(C)C=C4)C=CC(C)(C)C=C2. The lowest BCUT2D eigenvalue weighted by Crippen LogP contribution is -2.04. The first-order valence-electron chi connectivity index (χ1n) is 13.9. The zero-order chi connectivity index (χ0) is 27.6. The van der Waals surface area contributed by atoms with Crippen LogP contribution in [0, 0.1) is 16.2 Å². The van der Waals surface area contributed by atoms with Gasteiger partial charge in [-0.2, -0.15) is 0 Å². The summed E-state index contributed by atoms with van der Waals surface area (Å²) in [4.78, 5) is 14.4. The number of fused-ring (bicyclic) bond motifs is 12. The molecule has 0 heterocycles. The van der Waals surface area contributed by atoms with Gasteiger partial charge in [-0.25, -0.2) is 0 Å². The fraction of sp³-hybridized carbons (Fsp3) is 0.237. The molecule has 0 radical (unpaired) electrons. The van der Waals surface area contributed by atoms with Crippen molar-refractivity contribution in [1.29, 1.82) is 0 Å². The molecule has 0 amide bonds. The van der Waals surface area contributed by atoms with E-state index in [0.717, 1.165) is 65.2 Å². The molecule has 39 heavy (non-hydrogen) atoms. The number of benzene rings is 1. The molecule has 0 saturated carbocycles. The monoisotopic (exact) mass is 506 g/mol. The average Bonchev–Trinajstić information content (AvgIpc) is 3.21. The first-order chi connectivity index (χ1) is 18.3. The third-order valence-corrected chi connectivity index (χ3v) is 8.98. The zero-order valence-electron chi connectivity index (χ0n) is 23.8. The Hall–Kier alpha value is -3.97. The van der Waals surface area contributed by atoms with Crippen molar-refractivity contribution in [2.24, 2.45) is 16.2 Å². The van der Waals surface area contributed by atoms with Crippen LogP contribution in [0.4, 0.5) is 0 Å². The van der Waals surface area contributed by atoms with E-state index in [4.69, 9.17) is 0 Å². The van der Waals surface area contributed by atoms with Gasteiger partial charge in [0.15, 0.2) is 5.43 Å². The van der Waals surface area contributed by atoms with Crippen molar-refractivity contribution in [2.45, 2.75) is 41.5 Å². The summed E-state index contributed by atoms with van der Waals surface area (Å²) >= 11 is 0. The van der Waals surface area contributed by atoms with Gasteiger partial charge < -0.3 is 0 Å². The Labute approximate surface area is 229 Å². The van der Waals surface area contributed by atoms with Crippen LogP contribution in [0.3, 0.4) is 0 Å². The molecule has 3 aliphatic rings. The Kier molecular flexibility index (Phi) is 4.55. The maximum Gasteiger partial charge on any atom is 0.194 e. The molecule has 4 aromatic rings. The minimum Gasteiger partial charge on any atom is -0.289 e. The van der Waals surface area contributed by atoms with Crippen LogP contribution in [0.1, 0.15) is 74.9 Å². The molecule has 0 aliphatic heterocycles. The van der Waals surface area contributed by atoms with Gasteiger partial charge in [-0.15, -0.1) is 0 Å². The van der Waals surface area contributed by atoms with Gasteiger partial charge in [0.05, 0.1) is 0 Å². The highest BCUT2D eigenvalue weighted by Gasteiger charge is 2.30. The van der Waals surface area contributed by atoms with E-state index in [1.165, 1.54) is 10.9 Å². The average molecular weight is 507 g/mol. The molecule has 0 fully saturated rings. The first-order valence-corrected chi connectivity index (χ1v) is 13.9. The first kappa shape index (κ1) is 24.1. The summed E-state index contributed by atoms with van der Waals surface area (Å²) in [6.07, 6.45) is 26.5. The van der Waals surface area contributed by atoms with Gasteiger partial charge in [0.2, 0.25) is 0 Å². The van der Waals surface area contributed by atoms with Crippen LogP contribution in [0.2, 0.25) is 0 Å². The summed E-state index contributed by atoms with van der Waals surface area (Å²) in [6, 6.07) is 0. The summed E-state index contributed by atoms with van der Waals surface area (Å²) in [7, 11) is 0. The fourth-order valence-electron chi connectivity index (χ4n) is 6.66. The summed E-state index contributed by atoms with van der Waals surface area (Å²) in [5.74, 6) is 0. The lowest BCUT2D eigenvalue weighted by molar-refractivity contribution is 0.633. The minimum absolute atomic E-state index is 0.0553. The Balaban J connectivity index is 1.81. The van der Waals surface area contributed by atoms with Gasteiger partial charge in [-0.05, 0) is 54.4 Å². The maximum absolute atomic E-state index is 14.4. The van der Waals surface area contributed by atoms with Crippen molar-refractivity contribution in [3.8, 4) is 0 Å². The standard InChI is InChI=1S/C38H34O/c1-21-23-9-15-36(3,4)17-11-25(23)31-29-22(2)24-10-16-37(5,6)18-12-26(24)32(29)34-33(30(21)31)27-13-19-38(7,8)20-14-28(27)35(34)39/h9-20H,1-2H2,3-8H3. The Morgan fingerprint density at radius 2 is 0.692 bits per heavy atom. The second-order valence-corrected chi connectivity index (χ2v) is 13.5. The smallest absolute Gasteiger partial charge is 0.194 e. The van der Waals surface area contributed by atoms with E-state index < -0.39 is 0 Å². The largest absolute Gasteiger partial charge is 0.289 e. The van der Waals surface area contributed by atoms with Gasteiger partial charge in [0, 0.05) is 38.0 Å². The van der Waals surface area contributed by atoms with Crippen molar-refractivity contribution in [3.63, 3.8) is 0 Å². The molecule has 7 rings (SSSR count). The summed E-state index contributed by atoms with van der Waals surface area (Å²) in [5.41, 5.74) is 6.15. The lowest BCUT2D eigenvalue weighted by atomic mass is 9.91. The van der Waals surface area contributed by atoms with Gasteiger partial charge in [0.1, 0.15) is 0 Å². The molecular formula is C38H34O. The molecule has 0 N–H and O–H groups in total. The van der Waals surface area contributed by atoms with Gasteiger partial charge in [-0.3, -0.25) is 4.79 Å². The molecule has 0 bridgehead atoms. The summed E-state index contributed by atoms with van der Waals surface area (Å²) in [5, 5.41) is 8.19. The number of rotatable bonds is 0. The Morgan fingerprint density at radius 1 is 0.410 bits per heavy atom. The molecule has 0 unspecified atom stereocenters. The topological polar surface area (TPSA) is 17.1 Å². The maximum atomic E-state index is 14.4. The summed E-state index contributed by atoms with van der Waals surface area (Å²) in [6.45, 7) is 22.5. The highest BCUT2D eigenvalue weighted by Crippen LogP contribution is 2.45. The quantitative estimate of drug-likeness (QED) is 0.234. The second kappa shape index (κ2) is 7.36. The highest BCUT2D eigenvalue weighted by molar-refractivity contribution is 6.33. The Morgan fingerprint density at radius 3 is 1.08 bits per heavy atom. The van der Waals surface area contributed by atoms with Crippen LogP contribution in [-0.2, 0) is 0 Å². The van der Waals surface area contributed by atoms with E-state index in [9.17, 15) is 4.79 Å². The molecule has 192 valence electrons. The number of hydrogen-bond acceptors (Lipinski definition) is 1. The van der Waals surface area contributed by atoms with Crippen molar-refractivity contribution in [3.05, 3.63) is 90.5 Å². The molecule has 3 aliphatic carbocycles. The second-order valence-electron chi connectivity index (χ2n) is 13.5. The third kappa shape index (κ3) is 3.23. The molecule has 1 nitrogen and oxygen atoms in total. The predicted octanol–water partition coefficient (Wildman–Crippen LogP) is 8.40. The number of allylic oxidation sites excluding steroid dienone is 6. The summed E-state index contributed by atoms with van der Waals surface area (Å²) < 4.78 is 0. The third-order valence-electron chi connectivity index (χ3n) is 8.98. The van der Waals surface area contributed by atoms with Crippen LogP contribution in [-0.4, -0.2) is 0 Å². The van der Waals surface area contributed by atoms with Gasteiger partial charge in [0.25, 0.3) is 0 Å². The van der Waals surface area contributed by atoms with Crippen molar-refractivity contribution in [1.82, 2.24) is 0 Å². The van der Waals surface area contributed by atoms with Crippen molar-refractivity contribution in [2.75, 3.05) is 0 Å². The molecular weight excluding hydrogens is 472 g/mol. The van der Waals surface area contributed by atoms with Crippen molar-refractivity contribution < 1.29 is 0 Å². The zero-order valence-corrected chi connectivity index (χ0v) is 23.8. The van der Waals surface area contributed by atoms with E-state index in [0.29, 0.717) is 0 Å². The highest BCUT2D eigenvalue weighted by atomic mass is 16.1. The molecule has 0 saturated heterocycles. The van der Waals surface area contributed by atoms with Crippen LogP contribution in [0.5, 0.6) is 0 Å². The molecule has 4 aromatic carbocycles. The predicted molar refractivity (Wildman–Crippen MR) is 173 cm³/mol. The van der Waals surface area contributed by atoms with Crippen LogP contribution < -0.4 is 15.9 Å². The molecule has 0 spiro atoms. The lowest BCUT2D eigenvalue weighted by Gasteiger charge is -2.13. The number of hydrogen-bond donors (Lipinski definition) is 0. The molecule has 0 atom stereocenters. The van der Waals surface area contributed by atoms with Gasteiger partial charge >= 0.3 is 0 Å². The molecule has 0 aromatic heterocycles. The van der Waals surface area contributed by atoms with E-state index in [-0.39, 0.29) is 21.7 Å². The van der Waals surface area contributed by atoms with E-state index in [1.807, 2.05) is 6.08 Å². The van der Waals surface area contributed by atoms with E-state index in [2.05, 4.69) is 122 Å². The van der Waals surface area contributed by atoms with Crippen molar-refractivity contribution >= 4 is 81.9 Å². The Bertz CT molecular complexity index is 1840. The van der Waals surface area contributed by atoms with Crippen LogP contribution >= 0.6 is 0 Å². The fourth-order valence-corrected chi connectivity index (χ4v) is 6.66. The van der Waals surface area contributed by atoms with Gasteiger partial charge in [-0.1, -0.05) is 128 Å². The van der Waals surface area contributed by atoms with E-state index >= 15 is 0 Å². The normalized spacial score (nSPS) is 19.8. The van der Waals surface area contributed by atoms with Crippen LogP contribution in [0.25, 0.3) is 81.9 Å². The van der Waals surface area contributed by atoms with Crippen LogP contribution in [0.15, 0.2) is 41.3 Å².